The third-order valence-electron chi connectivity index (χ3n) is 4.21. The van der Waals surface area contributed by atoms with E-state index in [0.29, 0.717) is 6.42 Å². The number of carbonyl (C=O) groups is 1. The minimum atomic E-state index is 0.0733. The molecule has 24 heavy (non-hydrogen) atoms. The number of anilines is 2. The van der Waals surface area contributed by atoms with Gasteiger partial charge in [-0.1, -0.05) is 18.2 Å². The van der Waals surface area contributed by atoms with E-state index in [0.717, 1.165) is 24.5 Å². The van der Waals surface area contributed by atoms with E-state index in [1.807, 2.05) is 30.3 Å². The molecule has 0 unspecified atom stereocenters. The van der Waals surface area contributed by atoms with E-state index < -0.39 is 0 Å². The molecular weight excluding hydrogens is 316 g/mol. The van der Waals surface area contributed by atoms with E-state index in [4.69, 9.17) is 0 Å². The van der Waals surface area contributed by atoms with Gasteiger partial charge >= 0.3 is 0 Å². The van der Waals surface area contributed by atoms with Crippen LogP contribution in [0.3, 0.4) is 0 Å². The second kappa shape index (κ2) is 8.78. The van der Waals surface area contributed by atoms with Gasteiger partial charge in [-0.05, 0) is 55.7 Å². The number of hydrogen-bond donors (Lipinski definition) is 1. The summed E-state index contributed by atoms with van der Waals surface area (Å²) in [6, 6.07) is 18.4. The normalized spacial score (nSPS) is 14.4. The van der Waals surface area contributed by atoms with Crippen LogP contribution in [0.25, 0.3) is 0 Å². The van der Waals surface area contributed by atoms with Crippen LogP contribution in [0.2, 0.25) is 0 Å². The van der Waals surface area contributed by atoms with Crippen LogP contribution in [0.4, 0.5) is 11.4 Å². The Morgan fingerprint density at radius 2 is 1.67 bits per heavy atom. The van der Waals surface area contributed by atoms with Crippen molar-refractivity contribution in [1.29, 1.82) is 0 Å². The number of thioether (sulfide) groups is 1. The Balaban J connectivity index is 1.44. The average Bonchev–Trinajstić information content (AvgIpc) is 2.64. The highest BCUT2D eigenvalue weighted by Crippen LogP contribution is 2.22. The Hall–Kier alpha value is -1.94. The minimum absolute atomic E-state index is 0.0733. The summed E-state index contributed by atoms with van der Waals surface area (Å²) in [4.78, 5) is 15.7. The largest absolute Gasteiger partial charge is 0.372 e. The van der Waals surface area contributed by atoms with Crippen LogP contribution in [0, 0.1) is 0 Å². The van der Waals surface area contributed by atoms with Crippen molar-refractivity contribution in [2.45, 2.75) is 30.6 Å². The molecule has 3 nitrogen and oxygen atoms in total. The molecule has 1 amide bonds. The number of carbonyl (C=O) groups excluding carboxylic acids is 1. The zero-order valence-corrected chi connectivity index (χ0v) is 14.7. The van der Waals surface area contributed by atoms with E-state index in [2.05, 4.69) is 34.5 Å². The van der Waals surface area contributed by atoms with Crippen LogP contribution in [0.1, 0.15) is 25.7 Å². The summed E-state index contributed by atoms with van der Waals surface area (Å²) >= 11 is 1.71. The van der Waals surface area contributed by atoms with Gasteiger partial charge < -0.3 is 10.2 Å². The molecule has 1 saturated heterocycles. The zero-order valence-electron chi connectivity index (χ0n) is 13.9. The van der Waals surface area contributed by atoms with Crippen molar-refractivity contribution in [2.24, 2.45) is 0 Å². The van der Waals surface area contributed by atoms with Crippen molar-refractivity contribution in [1.82, 2.24) is 0 Å². The quantitative estimate of drug-likeness (QED) is 0.767. The number of nitrogens with one attached hydrogen (secondary N) is 1. The molecule has 1 aliphatic heterocycles. The molecule has 0 atom stereocenters. The van der Waals surface area contributed by atoms with Gasteiger partial charge in [-0.2, -0.15) is 0 Å². The number of nitrogens with zero attached hydrogens (tertiary/aromatic N) is 1. The maximum absolute atomic E-state index is 12.1. The Morgan fingerprint density at radius 3 is 2.38 bits per heavy atom. The van der Waals surface area contributed by atoms with Gasteiger partial charge in [-0.3, -0.25) is 4.79 Å². The highest BCUT2D eigenvalue weighted by atomic mass is 32.2. The molecule has 126 valence electrons. The summed E-state index contributed by atoms with van der Waals surface area (Å²) < 4.78 is 0. The molecule has 1 N–H and O–H groups in total. The predicted octanol–water partition coefficient (Wildman–Crippen LogP) is 4.80. The first kappa shape index (κ1) is 16.9. The maximum atomic E-state index is 12.1. The average molecular weight is 340 g/mol. The lowest BCUT2D eigenvalue weighted by Gasteiger charge is -2.28. The summed E-state index contributed by atoms with van der Waals surface area (Å²) in [5.74, 6) is 0.867. The van der Waals surface area contributed by atoms with Gasteiger partial charge in [0.1, 0.15) is 0 Å². The first-order valence-corrected chi connectivity index (χ1v) is 9.62. The minimum Gasteiger partial charge on any atom is -0.372 e. The van der Waals surface area contributed by atoms with Crippen LogP contribution >= 0.6 is 11.8 Å². The fourth-order valence-corrected chi connectivity index (χ4v) is 3.78. The van der Waals surface area contributed by atoms with Crippen molar-refractivity contribution in [3.63, 3.8) is 0 Å². The highest BCUT2D eigenvalue weighted by molar-refractivity contribution is 7.99. The number of piperidine rings is 1. The first-order chi connectivity index (χ1) is 11.8. The molecule has 4 heteroatoms. The summed E-state index contributed by atoms with van der Waals surface area (Å²) in [5.41, 5.74) is 2.14. The molecule has 0 bridgehead atoms. The van der Waals surface area contributed by atoms with Gasteiger partial charge in [0.05, 0.1) is 0 Å². The Kier molecular flexibility index (Phi) is 6.19. The SMILES string of the molecule is O=C(CCSc1ccccc1)Nc1ccc(N2CCCCC2)cc1. The standard InChI is InChI=1S/C20H24N2OS/c23-20(13-16-24-19-7-3-1-4-8-19)21-17-9-11-18(12-10-17)22-14-5-2-6-15-22/h1,3-4,7-12H,2,5-6,13-16H2,(H,21,23). The van der Waals surface area contributed by atoms with E-state index in [1.54, 1.807) is 11.8 Å². The maximum Gasteiger partial charge on any atom is 0.225 e. The van der Waals surface area contributed by atoms with Crippen molar-refractivity contribution in [3.05, 3.63) is 54.6 Å². The molecule has 2 aromatic rings. The summed E-state index contributed by atoms with van der Waals surface area (Å²) in [6.07, 6.45) is 4.41. The highest BCUT2D eigenvalue weighted by Gasteiger charge is 2.10. The molecule has 0 spiro atoms. The molecule has 1 heterocycles. The topological polar surface area (TPSA) is 32.3 Å². The van der Waals surface area contributed by atoms with E-state index in [1.165, 1.54) is 29.8 Å². The fraction of sp³-hybridized carbons (Fsp3) is 0.350. The third kappa shape index (κ3) is 5.03. The third-order valence-corrected chi connectivity index (χ3v) is 5.23. The van der Waals surface area contributed by atoms with Gasteiger partial charge in [0, 0.05) is 41.5 Å². The van der Waals surface area contributed by atoms with Crippen LogP contribution in [0.15, 0.2) is 59.5 Å². The monoisotopic (exact) mass is 340 g/mol. The molecule has 3 rings (SSSR count). The fourth-order valence-electron chi connectivity index (χ4n) is 2.91. The molecule has 1 fully saturated rings. The van der Waals surface area contributed by atoms with E-state index in [-0.39, 0.29) is 5.91 Å². The van der Waals surface area contributed by atoms with Gasteiger partial charge in [0.15, 0.2) is 0 Å². The number of benzene rings is 2. The van der Waals surface area contributed by atoms with Crippen molar-refractivity contribution in [3.8, 4) is 0 Å². The lowest BCUT2D eigenvalue weighted by atomic mass is 10.1. The first-order valence-electron chi connectivity index (χ1n) is 8.64. The van der Waals surface area contributed by atoms with Gasteiger partial charge in [0.25, 0.3) is 0 Å². The van der Waals surface area contributed by atoms with Gasteiger partial charge in [-0.15, -0.1) is 11.8 Å². The van der Waals surface area contributed by atoms with Crippen molar-refractivity contribution >= 4 is 29.0 Å². The number of amides is 1. The van der Waals surface area contributed by atoms with Crippen molar-refractivity contribution < 1.29 is 4.79 Å². The summed E-state index contributed by atoms with van der Waals surface area (Å²) in [6.45, 7) is 2.28. The van der Waals surface area contributed by atoms with Crippen LogP contribution < -0.4 is 10.2 Å². The molecule has 0 radical (unpaired) electrons. The second-order valence-corrected chi connectivity index (χ2v) is 7.22. The molecule has 1 aliphatic rings. The van der Waals surface area contributed by atoms with E-state index >= 15 is 0 Å². The summed E-state index contributed by atoms with van der Waals surface area (Å²) in [5, 5.41) is 2.99. The molecule has 2 aromatic carbocycles. The van der Waals surface area contributed by atoms with Gasteiger partial charge in [-0.25, -0.2) is 0 Å². The van der Waals surface area contributed by atoms with Gasteiger partial charge in [0.2, 0.25) is 5.91 Å². The smallest absolute Gasteiger partial charge is 0.225 e. The lowest BCUT2D eigenvalue weighted by molar-refractivity contribution is -0.115. The summed E-state index contributed by atoms with van der Waals surface area (Å²) in [7, 11) is 0. The van der Waals surface area contributed by atoms with Crippen LogP contribution in [-0.2, 0) is 4.79 Å². The van der Waals surface area contributed by atoms with Crippen molar-refractivity contribution in [2.75, 3.05) is 29.1 Å². The Morgan fingerprint density at radius 1 is 0.958 bits per heavy atom. The number of hydrogen-bond acceptors (Lipinski definition) is 3. The molecule has 0 saturated carbocycles. The number of rotatable bonds is 6. The zero-order chi connectivity index (χ0) is 16.6. The lowest BCUT2D eigenvalue weighted by Crippen LogP contribution is -2.29. The van der Waals surface area contributed by atoms with Crippen LogP contribution in [-0.4, -0.2) is 24.7 Å². The second-order valence-electron chi connectivity index (χ2n) is 6.05. The van der Waals surface area contributed by atoms with E-state index in [9.17, 15) is 4.79 Å². The predicted molar refractivity (Wildman–Crippen MR) is 103 cm³/mol. The molecular formula is C20H24N2OS. The molecule has 0 aromatic heterocycles. The Bertz CT molecular complexity index is 636. The molecule has 0 aliphatic carbocycles. The van der Waals surface area contributed by atoms with Crippen LogP contribution in [0.5, 0.6) is 0 Å². The Labute approximate surface area is 148 Å².